The number of para-hydroxylation sites is 1. The number of hydrogen-bond acceptors (Lipinski definition) is 4. The van der Waals surface area contributed by atoms with E-state index in [1.165, 1.54) is 12.1 Å². The number of halogens is 1. The first kappa shape index (κ1) is 21.5. The van der Waals surface area contributed by atoms with Crippen molar-refractivity contribution in [3.63, 3.8) is 0 Å². The van der Waals surface area contributed by atoms with Gasteiger partial charge in [-0.2, -0.15) is 0 Å². The van der Waals surface area contributed by atoms with E-state index in [0.29, 0.717) is 48.9 Å². The van der Waals surface area contributed by atoms with Gasteiger partial charge in [0.15, 0.2) is 0 Å². The molecule has 0 unspecified atom stereocenters. The van der Waals surface area contributed by atoms with Crippen molar-refractivity contribution in [1.29, 1.82) is 0 Å². The molecule has 32 heavy (non-hydrogen) atoms. The molecule has 1 heterocycles. The van der Waals surface area contributed by atoms with E-state index in [2.05, 4.69) is 5.32 Å². The molecule has 1 N–H and O–H groups in total. The minimum absolute atomic E-state index is 0.138. The largest absolute Gasteiger partial charge is 0.489 e. The first-order valence-corrected chi connectivity index (χ1v) is 10.3. The Hall–Kier alpha value is -3.71. The van der Waals surface area contributed by atoms with Gasteiger partial charge in [0.05, 0.1) is 24.5 Å². The van der Waals surface area contributed by atoms with Crippen molar-refractivity contribution in [2.24, 2.45) is 0 Å². The minimum Gasteiger partial charge on any atom is -0.489 e. The fourth-order valence-corrected chi connectivity index (χ4v) is 3.38. The number of morpholine rings is 1. The molecule has 164 valence electrons. The van der Waals surface area contributed by atoms with Gasteiger partial charge >= 0.3 is 0 Å². The Labute approximate surface area is 185 Å². The number of nitrogens with zero attached hydrogens (tertiary/aromatic N) is 1. The fourth-order valence-electron chi connectivity index (χ4n) is 3.38. The van der Waals surface area contributed by atoms with Crippen LogP contribution in [0.2, 0.25) is 0 Å². The highest BCUT2D eigenvalue weighted by molar-refractivity contribution is 6.09. The van der Waals surface area contributed by atoms with E-state index in [9.17, 15) is 14.0 Å². The normalized spacial score (nSPS) is 13.5. The van der Waals surface area contributed by atoms with Crippen LogP contribution >= 0.6 is 0 Å². The number of carbonyl (C=O) groups excluding carboxylic acids is 2. The van der Waals surface area contributed by atoms with Crippen molar-refractivity contribution >= 4 is 17.5 Å². The van der Waals surface area contributed by atoms with E-state index >= 15 is 0 Å². The molecule has 1 aliphatic heterocycles. The molecule has 3 aromatic carbocycles. The molecule has 3 aromatic rings. The molecule has 0 radical (unpaired) electrons. The van der Waals surface area contributed by atoms with Gasteiger partial charge in [-0.15, -0.1) is 0 Å². The predicted octanol–water partition coefficient (Wildman–Crippen LogP) is 4.13. The number of benzene rings is 3. The van der Waals surface area contributed by atoms with Gasteiger partial charge in [-0.3, -0.25) is 9.59 Å². The molecule has 0 aromatic heterocycles. The Kier molecular flexibility index (Phi) is 6.77. The van der Waals surface area contributed by atoms with Crippen molar-refractivity contribution in [2.75, 3.05) is 31.6 Å². The molecule has 0 saturated carbocycles. The van der Waals surface area contributed by atoms with Crippen LogP contribution in [0.5, 0.6) is 5.75 Å². The number of anilines is 1. The average molecular weight is 434 g/mol. The van der Waals surface area contributed by atoms with E-state index in [4.69, 9.17) is 9.47 Å². The number of ether oxygens (including phenoxy) is 2. The van der Waals surface area contributed by atoms with Crippen LogP contribution in [0.4, 0.5) is 10.1 Å². The van der Waals surface area contributed by atoms with Crippen LogP contribution in [0, 0.1) is 5.82 Å². The third kappa shape index (κ3) is 5.31. The molecule has 0 aliphatic carbocycles. The van der Waals surface area contributed by atoms with Gasteiger partial charge < -0.3 is 19.7 Å². The molecule has 0 bridgehead atoms. The Morgan fingerprint density at radius 2 is 1.72 bits per heavy atom. The monoisotopic (exact) mass is 434 g/mol. The molecule has 0 atom stereocenters. The predicted molar refractivity (Wildman–Crippen MR) is 118 cm³/mol. The van der Waals surface area contributed by atoms with Gasteiger partial charge in [-0.25, -0.2) is 4.39 Å². The highest BCUT2D eigenvalue weighted by atomic mass is 19.1. The van der Waals surface area contributed by atoms with E-state index in [1.807, 2.05) is 0 Å². The van der Waals surface area contributed by atoms with Crippen molar-refractivity contribution < 1.29 is 23.5 Å². The zero-order valence-corrected chi connectivity index (χ0v) is 17.4. The van der Waals surface area contributed by atoms with E-state index in [1.54, 1.807) is 65.6 Å². The van der Waals surface area contributed by atoms with E-state index in [0.717, 1.165) is 5.56 Å². The molecule has 1 saturated heterocycles. The maximum Gasteiger partial charge on any atom is 0.256 e. The summed E-state index contributed by atoms with van der Waals surface area (Å²) >= 11 is 0. The van der Waals surface area contributed by atoms with Crippen molar-refractivity contribution in [1.82, 2.24) is 4.90 Å². The third-order valence-electron chi connectivity index (χ3n) is 5.12. The molecule has 6 nitrogen and oxygen atoms in total. The second-order valence-electron chi connectivity index (χ2n) is 7.35. The molecule has 0 spiro atoms. The summed E-state index contributed by atoms with van der Waals surface area (Å²) in [5.74, 6) is -0.278. The highest BCUT2D eigenvalue weighted by Crippen LogP contribution is 2.21. The molecule has 4 rings (SSSR count). The first-order chi connectivity index (χ1) is 15.6. The molecule has 1 fully saturated rings. The van der Waals surface area contributed by atoms with E-state index in [-0.39, 0.29) is 24.2 Å². The minimum atomic E-state index is -0.348. The zero-order chi connectivity index (χ0) is 22.3. The summed E-state index contributed by atoms with van der Waals surface area (Å²) in [5.41, 5.74) is 2.10. The quantitative estimate of drug-likeness (QED) is 0.634. The van der Waals surface area contributed by atoms with Crippen LogP contribution < -0.4 is 10.1 Å². The van der Waals surface area contributed by atoms with Gasteiger partial charge in [0, 0.05) is 18.7 Å². The molecule has 2 amide bonds. The van der Waals surface area contributed by atoms with Crippen LogP contribution in [0.1, 0.15) is 26.3 Å². The third-order valence-corrected chi connectivity index (χ3v) is 5.12. The lowest BCUT2D eigenvalue weighted by Crippen LogP contribution is -2.41. The number of carbonyl (C=O) groups is 2. The second kappa shape index (κ2) is 10.1. The van der Waals surface area contributed by atoms with Crippen LogP contribution in [0.3, 0.4) is 0 Å². The maximum absolute atomic E-state index is 13.0. The molecular weight excluding hydrogens is 411 g/mol. The number of rotatable bonds is 6. The Bertz CT molecular complexity index is 1100. The summed E-state index contributed by atoms with van der Waals surface area (Å²) in [4.78, 5) is 27.5. The van der Waals surface area contributed by atoms with Crippen LogP contribution in [-0.4, -0.2) is 43.0 Å². The zero-order valence-electron chi connectivity index (χ0n) is 17.4. The summed E-state index contributed by atoms with van der Waals surface area (Å²) in [6, 6.07) is 19.8. The summed E-state index contributed by atoms with van der Waals surface area (Å²) < 4.78 is 24.1. The van der Waals surface area contributed by atoms with E-state index < -0.39 is 0 Å². The molecule has 1 aliphatic rings. The lowest BCUT2D eigenvalue weighted by molar-refractivity contribution is 0.0303. The topological polar surface area (TPSA) is 67.9 Å². The lowest BCUT2D eigenvalue weighted by Gasteiger charge is -2.27. The van der Waals surface area contributed by atoms with Crippen molar-refractivity contribution in [3.05, 3.63) is 95.3 Å². The SMILES string of the molecule is O=C(Nc1ccccc1C(=O)N1CCOCC1)c1cccc(OCc2ccc(F)cc2)c1. The lowest BCUT2D eigenvalue weighted by atomic mass is 10.1. The molecule has 7 heteroatoms. The Morgan fingerprint density at radius 1 is 0.969 bits per heavy atom. The Morgan fingerprint density at radius 3 is 2.50 bits per heavy atom. The fraction of sp³-hybridized carbons (Fsp3) is 0.200. The van der Waals surface area contributed by atoms with Gasteiger partial charge in [0.1, 0.15) is 18.2 Å². The van der Waals surface area contributed by atoms with Gasteiger partial charge in [-0.1, -0.05) is 30.3 Å². The van der Waals surface area contributed by atoms with Crippen molar-refractivity contribution in [2.45, 2.75) is 6.61 Å². The Balaban J connectivity index is 1.44. The van der Waals surface area contributed by atoms with Crippen LogP contribution in [0.15, 0.2) is 72.8 Å². The standard InChI is InChI=1S/C25H23FN2O4/c26-20-10-8-18(9-11-20)17-32-21-5-3-4-19(16-21)24(29)27-23-7-2-1-6-22(23)25(30)28-12-14-31-15-13-28/h1-11,16H,12-15,17H2,(H,27,29). The smallest absolute Gasteiger partial charge is 0.256 e. The van der Waals surface area contributed by atoms with Gasteiger partial charge in [0.2, 0.25) is 0 Å². The maximum atomic E-state index is 13.0. The van der Waals surface area contributed by atoms with Gasteiger partial charge in [0.25, 0.3) is 11.8 Å². The summed E-state index contributed by atoms with van der Waals surface area (Å²) in [7, 11) is 0. The van der Waals surface area contributed by atoms with Gasteiger partial charge in [-0.05, 0) is 48.0 Å². The average Bonchev–Trinajstić information content (AvgIpc) is 2.84. The van der Waals surface area contributed by atoms with Crippen LogP contribution in [-0.2, 0) is 11.3 Å². The number of amides is 2. The summed E-state index contributed by atoms with van der Waals surface area (Å²) in [6.45, 7) is 2.31. The summed E-state index contributed by atoms with van der Waals surface area (Å²) in [5, 5.41) is 2.84. The molecular formula is C25H23FN2O4. The van der Waals surface area contributed by atoms with Crippen LogP contribution in [0.25, 0.3) is 0 Å². The highest BCUT2D eigenvalue weighted by Gasteiger charge is 2.21. The number of nitrogens with one attached hydrogen (secondary N) is 1. The second-order valence-corrected chi connectivity index (χ2v) is 7.35. The summed E-state index contributed by atoms with van der Waals surface area (Å²) in [6.07, 6.45) is 0. The van der Waals surface area contributed by atoms with Crippen molar-refractivity contribution in [3.8, 4) is 5.75 Å². The first-order valence-electron chi connectivity index (χ1n) is 10.3. The number of hydrogen-bond donors (Lipinski definition) is 1.